The molecular formula is C11H17Cl2SiZr. The van der Waals surface area contributed by atoms with Crippen molar-refractivity contribution in [1.82, 2.24) is 0 Å². The Morgan fingerprint density at radius 2 is 1.67 bits per heavy atom. The molecule has 0 aromatic heterocycles. The predicted octanol–water partition coefficient (Wildman–Crippen LogP) is -3.97. The Morgan fingerprint density at radius 1 is 1.07 bits per heavy atom. The average molecular weight is 339 g/mol. The van der Waals surface area contributed by atoms with Crippen molar-refractivity contribution in [3.63, 3.8) is 0 Å². The Morgan fingerprint density at radius 3 is 2.27 bits per heavy atom. The van der Waals surface area contributed by atoms with E-state index in [2.05, 4.69) is 45.7 Å². The van der Waals surface area contributed by atoms with Crippen LogP contribution in [-0.2, 0) is 21.8 Å². The second kappa shape index (κ2) is 7.84. The SMILES string of the molecule is [CH3][Zr+2]([CH3])[CH]1C=Cc2ccccc21.[Cl-].[Cl-].[SiH4]. The van der Waals surface area contributed by atoms with Crippen molar-refractivity contribution in [2.75, 3.05) is 0 Å². The summed E-state index contributed by atoms with van der Waals surface area (Å²) < 4.78 is 5.78. The largest absolute Gasteiger partial charge is 1.00 e. The topological polar surface area (TPSA) is 0 Å². The minimum atomic E-state index is -1.07. The Hall–Kier alpha value is 0.640. The third-order valence-corrected chi connectivity index (χ3v) is 6.72. The molecule has 1 aliphatic rings. The molecule has 1 aliphatic carbocycles. The number of hydrogen-bond acceptors (Lipinski definition) is 0. The Labute approximate surface area is 117 Å². The zero-order chi connectivity index (χ0) is 8.55. The third kappa shape index (κ3) is 3.85. The van der Waals surface area contributed by atoms with Crippen molar-refractivity contribution in [3.05, 3.63) is 41.5 Å². The number of hydrogen-bond donors (Lipinski definition) is 0. The first-order valence-electron chi connectivity index (χ1n) is 4.36. The first kappa shape index (κ1) is 18.0. The van der Waals surface area contributed by atoms with Gasteiger partial charge in [-0.3, -0.25) is 0 Å². The van der Waals surface area contributed by atoms with Gasteiger partial charge in [-0.25, -0.2) is 0 Å². The van der Waals surface area contributed by atoms with Gasteiger partial charge in [0.25, 0.3) is 0 Å². The van der Waals surface area contributed by atoms with Gasteiger partial charge in [-0.15, -0.1) is 0 Å². The van der Waals surface area contributed by atoms with E-state index < -0.39 is 21.8 Å². The molecule has 1 atom stereocenters. The van der Waals surface area contributed by atoms with Crippen LogP contribution in [0.5, 0.6) is 0 Å². The van der Waals surface area contributed by atoms with Crippen LogP contribution in [0.2, 0.25) is 9.26 Å². The van der Waals surface area contributed by atoms with E-state index in [-0.39, 0.29) is 35.8 Å². The second-order valence-corrected chi connectivity index (χ2v) is 10.4. The van der Waals surface area contributed by atoms with Crippen LogP contribution in [0.15, 0.2) is 30.3 Å². The van der Waals surface area contributed by atoms with Crippen LogP contribution < -0.4 is 24.8 Å². The van der Waals surface area contributed by atoms with E-state index in [0.29, 0.717) is 0 Å². The first-order valence-corrected chi connectivity index (χ1v) is 10.7. The van der Waals surface area contributed by atoms with Gasteiger partial charge in [0.05, 0.1) is 0 Å². The van der Waals surface area contributed by atoms with Gasteiger partial charge in [0.15, 0.2) is 0 Å². The molecule has 4 heteroatoms. The summed E-state index contributed by atoms with van der Waals surface area (Å²) in [5, 5.41) is 0. The summed E-state index contributed by atoms with van der Waals surface area (Å²) in [6, 6.07) is 8.79. The zero-order valence-electron chi connectivity index (χ0n) is 8.30. The van der Waals surface area contributed by atoms with E-state index in [0.717, 1.165) is 3.63 Å². The molecule has 0 radical (unpaired) electrons. The summed E-state index contributed by atoms with van der Waals surface area (Å²) in [4.78, 5) is 0. The molecule has 1 aromatic rings. The van der Waals surface area contributed by atoms with Crippen molar-refractivity contribution in [2.45, 2.75) is 12.9 Å². The van der Waals surface area contributed by atoms with Crippen molar-refractivity contribution < 1.29 is 46.6 Å². The third-order valence-electron chi connectivity index (χ3n) is 2.42. The first-order chi connectivity index (χ1) is 5.79. The molecule has 0 amide bonds. The Balaban J connectivity index is 0. The van der Waals surface area contributed by atoms with Crippen molar-refractivity contribution in [3.8, 4) is 0 Å². The minimum absolute atomic E-state index is 0. The van der Waals surface area contributed by atoms with Gasteiger partial charge in [0, 0.05) is 0 Å². The summed E-state index contributed by atoms with van der Waals surface area (Å²) in [5.74, 6) is 0. The predicted molar refractivity (Wildman–Crippen MR) is 61.3 cm³/mol. The summed E-state index contributed by atoms with van der Waals surface area (Å²) in [6.45, 7) is 0. The summed E-state index contributed by atoms with van der Waals surface area (Å²) >= 11 is -1.07. The van der Waals surface area contributed by atoms with E-state index in [1.807, 2.05) is 0 Å². The molecule has 0 bridgehead atoms. The minimum Gasteiger partial charge on any atom is -1.00 e. The molecule has 0 saturated heterocycles. The molecule has 0 saturated carbocycles. The maximum atomic E-state index is 2.47. The smallest absolute Gasteiger partial charge is 0.0149 e. The quantitative estimate of drug-likeness (QED) is 0.458. The van der Waals surface area contributed by atoms with Crippen LogP contribution in [0.4, 0.5) is 0 Å². The summed E-state index contributed by atoms with van der Waals surface area (Å²) in [7, 11) is 0. The van der Waals surface area contributed by atoms with E-state index in [1.54, 1.807) is 5.56 Å². The number of benzene rings is 1. The fourth-order valence-electron chi connectivity index (χ4n) is 1.75. The number of allylic oxidation sites excluding steroid dienone is 1. The van der Waals surface area contributed by atoms with E-state index in [1.165, 1.54) is 5.56 Å². The summed E-state index contributed by atoms with van der Waals surface area (Å²) in [5.41, 5.74) is 3.03. The normalized spacial score (nSPS) is 15.5. The second-order valence-electron chi connectivity index (χ2n) is 3.54. The maximum absolute atomic E-state index is 2.47. The molecule has 0 fully saturated rings. The van der Waals surface area contributed by atoms with Crippen LogP contribution >= 0.6 is 0 Å². The standard InChI is InChI=1S/C9H7.2CH3.2ClH.H4Si.Zr/c1-2-5-9-7-3-6-8(9)4-1;;;;;;/h1-7H;2*1H3;2*1H;1H4;/q;;;;;;+2/p-2. The van der Waals surface area contributed by atoms with Crippen molar-refractivity contribution in [2.24, 2.45) is 0 Å². The fourth-order valence-corrected chi connectivity index (χ4v) is 5.11. The van der Waals surface area contributed by atoms with E-state index in [9.17, 15) is 0 Å². The van der Waals surface area contributed by atoms with Gasteiger partial charge in [-0.2, -0.15) is 0 Å². The molecule has 0 N–H and O–H groups in total. The van der Waals surface area contributed by atoms with Crippen molar-refractivity contribution in [1.29, 1.82) is 0 Å². The Kier molecular flexibility index (Phi) is 9.42. The molecule has 83 valence electrons. The van der Waals surface area contributed by atoms with Crippen LogP contribution in [-0.4, -0.2) is 11.0 Å². The van der Waals surface area contributed by atoms with Gasteiger partial charge >= 0.3 is 82.2 Å². The Bertz CT molecular complexity index is 326. The molecule has 0 spiro atoms. The van der Waals surface area contributed by atoms with E-state index >= 15 is 0 Å². The van der Waals surface area contributed by atoms with Gasteiger partial charge in [-0.05, 0) is 11.0 Å². The van der Waals surface area contributed by atoms with Crippen LogP contribution in [0.25, 0.3) is 6.08 Å². The van der Waals surface area contributed by atoms with Gasteiger partial charge in [-0.1, -0.05) is 0 Å². The number of halogens is 2. The monoisotopic (exact) mass is 337 g/mol. The molecule has 15 heavy (non-hydrogen) atoms. The molecular weight excluding hydrogens is 322 g/mol. The van der Waals surface area contributed by atoms with E-state index in [4.69, 9.17) is 0 Å². The molecule has 1 unspecified atom stereocenters. The molecule has 0 heterocycles. The zero-order valence-corrected chi connectivity index (χ0v) is 12.3. The number of fused-ring (bicyclic) bond motifs is 1. The molecule has 1 aromatic carbocycles. The van der Waals surface area contributed by atoms with Crippen LogP contribution in [0.1, 0.15) is 14.8 Å². The summed E-state index contributed by atoms with van der Waals surface area (Å²) in [6.07, 6.45) is 4.69. The molecule has 0 aliphatic heterocycles. The number of rotatable bonds is 1. The van der Waals surface area contributed by atoms with Gasteiger partial charge < -0.3 is 24.8 Å². The van der Waals surface area contributed by atoms with Crippen LogP contribution in [0.3, 0.4) is 0 Å². The molecule has 0 nitrogen and oxygen atoms in total. The van der Waals surface area contributed by atoms with Gasteiger partial charge in [0.2, 0.25) is 0 Å². The van der Waals surface area contributed by atoms with Crippen LogP contribution in [0, 0.1) is 0 Å². The average Bonchev–Trinajstić information content (AvgIpc) is 2.47. The van der Waals surface area contributed by atoms with Crippen molar-refractivity contribution >= 4 is 17.0 Å². The maximum Gasteiger partial charge on any atom is -0.0149 e. The fraction of sp³-hybridized carbons (Fsp3) is 0.273. The van der Waals surface area contributed by atoms with Gasteiger partial charge in [0.1, 0.15) is 0 Å². The molecule has 2 rings (SSSR count).